The van der Waals surface area contributed by atoms with Crippen LogP contribution in [0.1, 0.15) is 18.7 Å². The van der Waals surface area contributed by atoms with Gasteiger partial charge in [-0.15, -0.1) is 0 Å². The predicted molar refractivity (Wildman–Crippen MR) is 59.6 cm³/mol. The molecule has 0 aliphatic heterocycles. The van der Waals surface area contributed by atoms with Crippen molar-refractivity contribution in [3.05, 3.63) is 24.2 Å². The predicted octanol–water partition coefficient (Wildman–Crippen LogP) is 1.08. The highest BCUT2D eigenvalue weighted by molar-refractivity contribution is 8.14. The minimum atomic E-state index is -0.167. The van der Waals surface area contributed by atoms with Gasteiger partial charge in [-0.2, -0.15) is 0 Å². The third kappa shape index (κ3) is 4.07. The van der Waals surface area contributed by atoms with E-state index in [0.29, 0.717) is 5.76 Å². The van der Waals surface area contributed by atoms with Gasteiger partial charge in [0, 0.05) is 0 Å². The number of hydrogen-bond donors (Lipinski definition) is 3. The van der Waals surface area contributed by atoms with Crippen LogP contribution in [0.5, 0.6) is 0 Å². The van der Waals surface area contributed by atoms with E-state index in [1.807, 2.05) is 6.92 Å². The van der Waals surface area contributed by atoms with Crippen LogP contribution >= 0.6 is 11.8 Å². The van der Waals surface area contributed by atoms with E-state index in [0.717, 1.165) is 11.8 Å². The van der Waals surface area contributed by atoms with Crippen molar-refractivity contribution in [2.24, 2.45) is 5.73 Å². The average molecular weight is 227 g/mol. The van der Waals surface area contributed by atoms with Gasteiger partial charge in [0.25, 0.3) is 0 Å². The molecule has 15 heavy (non-hydrogen) atoms. The highest BCUT2D eigenvalue weighted by Gasteiger charge is 2.11. The number of hydrogen-bond acceptors (Lipinski definition) is 4. The summed E-state index contributed by atoms with van der Waals surface area (Å²) in [7, 11) is 0. The molecular formula is C9H13N3O2S. The molecule has 1 atom stereocenters. The lowest BCUT2D eigenvalue weighted by molar-refractivity contribution is -0.119. The summed E-state index contributed by atoms with van der Waals surface area (Å²) in [5.41, 5.74) is 5.11. The number of nitrogens with one attached hydrogen (secondary N) is 2. The molecule has 82 valence electrons. The fourth-order valence-electron chi connectivity index (χ4n) is 1.04. The summed E-state index contributed by atoms with van der Waals surface area (Å²) in [5.74, 6) is 0.690. The molecule has 0 aromatic carbocycles. The third-order valence-electron chi connectivity index (χ3n) is 1.71. The maximum atomic E-state index is 11.3. The normalized spacial score (nSPS) is 12.1. The van der Waals surface area contributed by atoms with Gasteiger partial charge < -0.3 is 15.5 Å². The monoisotopic (exact) mass is 227 g/mol. The van der Waals surface area contributed by atoms with Gasteiger partial charge in [-0.25, -0.2) is 0 Å². The first kappa shape index (κ1) is 11.6. The van der Waals surface area contributed by atoms with Crippen LogP contribution < -0.4 is 11.1 Å². The molecular weight excluding hydrogens is 214 g/mol. The SMILES string of the molecule is CC(NC(=O)CSC(=N)N)c1ccco1. The topological polar surface area (TPSA) is 92.1 Å². The first-order valence-corrected chi connectivity index (χ1v) is 5.37. The van der Waals surface area contributed by atoms with E-state index in [9.17, 15) is 4.79 Å². The fourth-order valence-corrected chi connectivity index (χ4v) is 1.41. The molecule has 0 bridgehead atoms. The maximum absolute atomic E-state index is 11.3. The zero-order chi connectivity index (χ0) is 11.3. The molecule has 1 aromatic heterocycles. The van der Waals surface area contributed by atoms with Crippen LogP contribution in [0.2, 0.25) is 0 Å². The molecule has 5 nitrogen and oxygen atoms in total. The van der Waals surface area contributed by atoms with Crippen LogP contribution in [0.3, 0.4) is 0 Å². The minimum absolute atomic E-state index is 0.0594. The average Bonchev–Trinajstić information content (AvgIpc) is 2.67. The molecule has 0 aliphatic rings. The smallest absolute Gasteiger partial charge is 0.231 e. The molecule has 1 heterocycles. The fraction of sp³-hybridized carbons (Fsp3) is 0.333. The summed E-state index contributed by atoms with van der Waals surface area (Å²) in [6.45, 7) is 1.83. The molecule has 1 unspecified atom stereocenters. The first-order valence-electron chi connectivity index (χ1n) is 4.39. The van der Waals surface area contributed by atoms with Crippen molar-refractivity contribution in [2.75, 3.05) is 5.75 Å². The standard InChI is InChI=1S/C9H13N3O2S/c1-6(7-3-2-4-14-7)12-8(13)5-15-9(10)11/h2-4,6H,5H2,1H3,(H3,10,11)(H,12,13). The number of furan rings is 1. The zero-order valence-electron chi connectivity index (χ0n) is 8.32. The zero-order valence-corrected chi connectivity index (χ0v) is 9.14. The molecule has 0 radical (unpaired) electrons. The van der Waals surface area contributed by atoms with Crippen molar-refractivity contribution >= 4 is 22.8 Å². The largest absolute Gasteiger partial charge is 0.467 e. The Morgan fingerprint density at radius 1 is 1.80 bits per heavy atom. The Hall–Kier alpha value is -1.43. The summed E-state index contributed by atoms with van der Waals surface area (Å²) in [6.07, 6.45) is 1.56. The number of amides is 1. The second-order valence-corrected chi connectivity index (χ2v) is 3.97. The van der Waals surface area contributed by atoms with E-state index in [1.165, 1.54) is 0 Å². The number of rotatable bonds is 4. The van der Waals surface area contributed by atoms with Crippen molar-refractivity contribution in [2.45, 2.75) is 13.0 Å². The van der Waals surface area contributed by atoms with Crippen LogP contribution in [-0.2, 0) is 4.79 Å². The summed E-state index contributed by atoms with van der Waals surface area (Å²) >= 11 is 0.997. The van der Waals surface area contributed by atoms with Gasteiger partial charge in [0.15, 0.2) is 5.17 Å². The Bertz CT molecular complexity index is 337. The Labute approximate surface area is 91.9 Å². The van der Waals surface area contributed by atoms with E-state index in [1.54, 1.807) is 18.4 Å². The summed E-state index contributed by atoms with van der Waals surface area (Å²) < 4.78 is 5.13. The molecule has 0 saturated carbocycles. The van der Waals surface area contributed by atoms with Gasteiger partial charge in [-0.1, -0.05) is 11.8 Å². The molecule has 1 amide bonds. The number of thioether (sulfide) groups is 1. The van der Waals surface area contributed by atoms with Crippen molar-refractivity contribution in [1.82, 2.24) is 5.32 Å². The van der Waals surface area contributed by atoms with Crippen LogP contribution in [-0.4, -0.2) is 16.8 Å². The van der Waals surface area contributed by atoms with Gasteiger partial charge in [-0.05, 0) is 19.1 Å². The van der Waals surface area contributed by atoms with Crippen LogP contribution in [0.25, 0.3) is 0 Å². The lowest BCUT2D eigenvalue weighted by atomic mass is 10.2. The van der Waals surface area contributed by atoms with E-state index in [-0.39, 0.29) is 22.9 Å². The minimum Gasteiger partial charge on any atom is -0.467 e. The summed E-state index contributed by atoms with van der Waals surface area (Å²) in [5, 5.41) is 9.62. The van der Waals surface area contributed by atoms with E-state index in [2.05, 4.69) is 5.32 Å². The molecule has 4 N–H and O–H groups in total. The van der Waals surface area contributed by atoms with Crippen molar-refractivity contribution < 1.29 is 9.21 Å². The Morgan fingerprint density at radius 2 is 2.53 bits per heavy atom. The lowest BCUT2D eigenvalue weighted by Gasteiger charge is -2.10. The molecule has 0 saturated heterocycles. The van der Waals surface area contributed by atoms with Crippen LogP contribution in [0, 0.1) is 5.41 Å². The molecule has 1 rings (SSSR count). The quantitative estimate of drug-likeness (QED) is 0.530. The Kier molecular flexibility index (Phi) is 4.23. The highest BCUT2D eigenvalue weighted by Crippen LogP contribution is 2.12. The van der Waals surface area contributed by atoms with Crippen LogP contribution in [0.4, 0.5) is 0 Å². The van der Waals surface area contributed by atoms with Gasteiger partial charge in [-0.3, -0.25) is 10.2 Å². The molecule has 0 spiro atoms. The number of amidine groups is 1. The van der Waals surface area contributed by atoms with E-state index in [4.69, 9.17) is 15.6 Å². The number of nitrogens with two attached hydrogens (primary N) is 1. The molecule has 0 aliphatic carbocycles. The summed E-state index contributed by atoms with van der Waals surface area (Å²) in [4.78, 5) is 11.3. The third-order valence-corrected chi connectivity index (χ3v) is 2.42. The van der Waals surface area contributed by atoms with Gasteiger partial charge in [0.2, 0.25) is 5.91 Å². The van der Waals surface area contributed by atoms with Gasteiger partial charge in [0.05, 0.1) is 18.1 Å². The van der Waals surface area contributed by atoms with Gasteiger partial charge in [0.1, 0.15) is 5.76 Å². The molecule has 6 heteroatoms. The second kappa shape index (κ2) is 5.45. The van der Waals surface area contributed by atoms with Crippen molar-refractivity contribution in [3.8, 4) is 0 Å². The van der Waals surface area contributed by atoms with E-state index >= 15 is 0 Å². The lowest BCUT2D eigenvalue weighted by Crippen LogP contribution is -2.28. The first-order chi connectivity index (χ1) is 7.09. The van der Waals surface area contributed by atoms with Crippen molar-refractivity contribution in [3.63, 3.8) is 0 Å². The second-order valence-electron chi connectivity index (χ2n) is 2.96. The van der Waals surface area contributed by atoms with Crippen LogP contribution in [0.15, 0.2) is 22.8 Å². The maximum Gasteiger partial charge on any atom is 0.231 e. The van der Waals surface area contributed by atoms with Crippen molar-refractivity contribution in [1.29, 1.82) is 5.41 Å². The van der Waals surface area contributed by atoms with E-state index < -0.39 is 0 Å². The number of carbonyl (C=O) groups excluding carboxylic acids is 1. The Morgan fingerprint density at radius 3 is 3.07 bits per heavy atom. The molecule has 1 aromatic rings. The summed E-state index contributed by atoms with van der Waals surface area (Å²) in [6, 6.07) is 3.39. The highest BCUT2D eigenvalue weighted by atomic mass is 32.2. The molecule has 0 fully saturated rings. The van der Waals surface area contributed by atoms with Gasteiger partial charge >= 0.3 is 0 Å². The Balaban J connectivity index is 2.35. The number of carbonyl (C=O) groups is 1.